The van der Waals surface area contributed by atoms with Gasteiger partial charge >= 0.3 is 5.97 Å². The summed E-state index contributed by atoms with van der Waals surface area (Å²) in [6.45, 7) is 7.20. The molecular weight excluding hydrogens is 290 g/mol. The molecule has 0 saturated carbocycles. The fourth-order valence-electron chi connectivity index (χ4n) is 1.70. The van der Waals surface area contributed by atoms with Crippen LogP contribution in [0.4, 0.5) is 0 Å². The highest BCUT2D eigenvalue weighted by Crippen LogP contribution is 2.14. The van der Waals surface area contributed by atoms with Gasteiger partial charge in [-0.1, -0.05) is 51.1 Å². The molecule has 0 saturated heterocycles. The molecule has 5 nitrogen and oxygen atoms in total. The third-order valence-corrected chi connectivity index (χ3v) is 4.60. The number of rotatable bonds is 8. The second-order valence-electron chi connectivity index (χ2n) is 4.72. The standard InChI is InChI=1S/C15H21NO4S/c1-4-11-20-15(17)14(12(3)5-2)16-21(18,19)13-9-7-6-8-10-13/h4,6-10,12,14,16H,1,5,11H2,2-3H3/t12-,14-/m0/s1. The molecule has 0 aliphatic heterocycles. The Bertz CT molecular complexity index is 569. The van der Waals surface area contributed by atoms with Crippen molar-refractivity contribution in [2.24, 2.45) is 5.92 Å². The van der Waals surface area contributed by atoms with Crippen molar-refractivity contribution in [3.8, 4) is 0 Å². The van der Waals surface area contributed by atoms with Crippen LogP contribution in [-0.4, -0.2) is 27.0 Å². The zero-order valence-electron chi connectivity index (χ0n) is 12.3. The Balaban J connectivity index is 2.95. The average Bonchev–Trinajstić information content (AvgIpc) is 2.50. The van der Waals surface area contributed by atoms with Gasteiger partial charge in [0.1, 0.15) is 12.6 Å². The lowest BCUT2D eigenvalue weighted by Crippen LogP contribution is -2.45. The highest BCUT2D eigenvalue weighted by atomic mass is 32.2. The summed E-state index contributed by atoms with van der Waals surface area (Å²) in [5.41, 5.74) is 0. The quantitative estimate of drug-likeness (QED) is 0.589. The lowest BCUT2D eigenvalue weighted by atomic mass is 10.0. The minimum Gasteiger partial charge on any atom is -0.460 e. The van der Waals surface area contributed by atoms with Gasteiger partial charge in [0.25, 0.3) is 0 Å². The van der Waals surface area contributed by atoms with Gasteiger partial charge in [0.15, 0.2) is 0 Å². The van der Waals surface area contributed by atoms with Gasteiger partial charge in [-0.3, -0.25) is 4.79 Å². The minimum atomic E-state index is -3.76. The van der Waals surface area contributed by atoms with Crippen LogP contribution < -0.4 is 4.72 Å². The summed E-state index contributed by atoms with van der Waals surface area (Å²) >= 11 is 0. The molecule has 1 aromatic carbocycles. The molecule has 2 atom stereocenters. The van der Waals surface area contributed by atoms with Crippen LogP contribution in [0.2, 0.25) is 0 Å². The van der Waals surface area contributed by atoms with Crippen LogP contribution in [0.25, 0.3) is 0 Å². The van der Waals surface area contributed by atoms with Gasteiger partial charge in [0.2, 0.25) is 10.0 Å². The maximum absolute atomic E-state index is 12.3. The van der Waals surface area contributed by atoms with Crippen molar-refractivity contribution in [1.29, 1.82) is 0 Å². The third kappa shape index (κ3) is 4.99. The molecule has 0 bridgehead atoms. The van der Waals surface area contributed by atoms with E-state index in [9.17, 15) is 13.2 Å². The number of hydrogen-bond donors (Lipinski definition) is 1. The third-order valence-electron chi connectivity index (χ3n) is 3.15. The Hall–Kier alpha value is -1.66. The number of carbonyl (C=O) groups excluding carboxylic acids is 1. The summed E-state index contributed by atoms with van der Waals surface area (Å²) < 4.78 is 32.0. The molecule has 1 aromatic rings. The molecule has 0 unspecified atom stereocenters. The van der Waals surface area contributed by atoms with Crippen LogP contribution in [0, 0.1) is 5.92 Å². The van der Waals surface area contributed by atoms with Gasteiger partial charge < -0.3 is 4.74 Å². The highest BCUT2D eigenvalue weighted by Gasteiger charge is 2.30. The summed E-state index contributed by atoms with van der Waals surface area (Å²) in [6, 6.07) is 7.02. The van der Waals surface area contributed by atoms with Gasteiger partial charge in [-0.2, -0.15) is 4.72 Å². The first-order chi connectivity index (χ1) is 9.92. The molecule has 0 radical (unpaired) electrons. The van der Waals surface area contributed by atoms with Crippen molar-refractivity contribution in [3.05, 3.63) is 43.0 Å². The Kier molecular flexibility index (Phi) is 6.58. The second-order valence-corrected chi connectivity index (χ2v) is 6.43. The van der Waals surface area contributed by atoms with Gasteiger partial charge in [0.05, 0.1) is 4.90 Å². The van der Waals surface area contributed by atoms with Gasteiger partial charge in [-0.05, 0) is 18.1 Å². The summed E-state index contributed by atoms with van der Waals surface area (Å²) in [7, 11) is -3.76. The van der Waals surface area contributed by atoms with Crippen molar-refractivity contribution >= 4 is 16.0 Å². The molecule has 116 valence electrons. The molecule has 0 spiro atoms. The zero-order chi connectivity index (χ0) is 15.9. The summed E-state index contributed by atoms with van der Waals surface area (Å²) in [5, 5.41) is 0. The summed E-state index contributed by atoms with van der Waals surface area (Å²) in [5.74, 6) is -0.774. The maximum Gasteiger partial charge on any atom is 0.324 e. The minimum absolute atomic E-state index is 0.0544. The van der Waals surface area contributed by atoms with E-state index in [0.717, 1.165) is 0 Å². The molecule has 1 N–H and O–H groups in total. The molecule has 0 aromatic heterocycles. The molecule has 0 fully saturated rings. The normalized spacial score (nSPS) is 14.2. The monoisotopic (exact) mass is 311 g/mol. The largest absolute Gasteiger partial charge is 0.460 e. The first-order valence-corrected chi connectivity index (χ1v) is 8.25. The summed E-state index contributed by atoms with van der Waals surface area (Å²) in [4.78, 5) is 12.1. The molecule has 0 amide bonds. The smallest absolute Gasteiger partial charge is 0.324 e. The number of ether oxygens (including phenoxy) is 1. The average molecular weight is 311 g/mol. The number of nitrogens with one attached hydrogen (secondary N) is 1. The number of carbonyl (C=O) groups is 1. The zero-order valence-corrected chi connectivity index (χ0v) is 13.1. The van der Waals surface area contributed by atoms with Crippen molar-refractivity contribution in [2.75, 3.05) is 6.61 Å². The molecule has 0 aliphatic carbocycles. The van der Waals surface area contributed by atoms with E-state index in [-0.39, 0.29) is 17.4 Å². The van der Waals surface area contributed by atoms with E-state index in [1.54, 1.807) is 25.1 Å². The lowest BCUT2D eigenvalue weighted by Gasteiger charge is -2.22. The Morgan fingerprint density at radius 1 is 1.38 bits per heavy atom. The van der Waals surface area contributed by atoms with Crippen LogP contribution in [0.1, 0.15) is 20.3 Å². The molecule has 21 heavy (non-hydrogen) atoms. The number of benzene rings is 1. The van der Waals surface area contributed by atoms with Gasteiger partial charge in [-0.25, -0.2) is 8.42 Å². The van der Waals surface area contributed by atoms with E-state index in [0.29, 0.717) is 6.42 Å². The summed E-state index contributed by atoms with van der Waals surface area (Å²) in [6.07, 6.45) is 2.09. The molecule has 0 heterocycles. The molecular formula is C15H21NO4S. The van der Waals surface area contributed by atoms with Crippen molar-refractivity contribution in [1.82, 2.24) is 4.72 Å². The number of hydrogen-bond acceptors (Lipinski definition) is 4. The lowest BCUT2D eigenvalue weighted by molar-refractivity contribution is -0.145. The second kappa shape index (κ2) is 7.95. The van der Waals surface area contributed by atoms with Crippen molar-refractivity contribution in [3.63, 3.8) is 0 Å². The van der Waals surface area contributed by atoms with E-state index < -0.39 is 22.0 Å². The van der Waals surface area contributed by atoms with Crippen LogP contribution in [0.15, 0.2) is 47.9 Å². The van der Waals surface area contributed by atoms with Crippen LogP contribution in [0.3, 0.4) is 0 Å². The molecule has 1 rings (SSSR count). The fourth-order valence-corrected chi connectivity index (χ4v) is 3.01. The highest BCUT2D eigenvalue weighted by molar-refractivity contribution is 7.89. The molecule has 0 aliphatic rings. The van der Waals surface area contributed by atoms with Gasteiger partial charge in [-0.15, -0.1) is 0 Å². The fraction of sp³-hybridized carbons (Fsp3) is 0.400. The Labute approximate surface area is 126 Å². The van der Waals surface area contributed by atoms with Crippen LogP contribution in [0.5, 0.6) is 0 Å². The predicted molar refractivity (Wildman–Crippen MR) is 81.2 cm³/mol. The van der Waals surface area contributed by atoms with E-state index >= 15 is 0 Å². The van der Waals surface area contributed by atoms with Crippen molar-refractivity contribution in [2.45, 2.75) is 31.2 Å². The van der Waals surface area contributed by atoms with E-state index in [4.69, 9.17) is 4.74 Å². The van der Waals surface area contributed by atoms with E-state index in [1.807, 2.05) is 6.92 Å². The first-order valence-electron chi connectivity index (χ1n) is 6.77. The maximum atomic E-state index is 12.3. The predicted octanol–water partition coefficient (Wildman–Crippen LogP) is 2.11. The number of esters is 1. The van der Waals surface area contributed by atoms with Crippen LogP contribution in [-0.2, 0) is 19.6 Å². The van der Waals surface area contributed by atoms with E-state index in [1.165, 1.54) is 18.2 Å². The topological polar surface area (TPSA) is 72.5 Å². The Morgan fingerprint density at radius 2 is 2.00 bits per heavy atom. The van der Waals surface area contributed by atoms with Crippen molar-refractivity contribution < 1.29 is 17.9 Å². The molecule has 6 heteroatoms. The Morgan fingerprint density at radius 3 is 2.52 bits per heavy atom. The first kappa shape index (κ1) is 17.4. The SMILES string of the molecule is C=CCOC(=O)[C@@H](NS(=O)(=O)c1ccccc1)[C@@H](C)CC. The van der Waals surface area contributed by atoms with Crippen LogP contribution >= 0.6 is 0 Å². The number of sulfonamides is 1. The van der Waals surface area contributed by atoms with Gasteiger partial charge in [0, 0.05) is 0 Å². The van der Waals surface area contributed by atoms with E-state index in [2.05, 4.69) is 11.3 Å².